The predicted octanol–water partition coefficient (Wildman–Crippen LogP) is 2.39. The summed E-state index contributed by atoms with van der Waals surface area (Å²) in [6.45, 7) is 7.26. The van der Waals surface area contributed by atoms with Gasteiger partial charge in [0.25, 0.3) is 0 Å². The molecule has 2 saturated heterocycles. The number of halogens is 3. The fourth-order valence-corrected chi connectivity index (χ4v) is 2.46. The van der Waals surface area contributed by atoms with Gasteiger partial charge < -0.3 is 20.1 Å². The van der Waals surface area contributed by atoms with E-state index in [0.717, 1.165) is 6.07 Å². The number of hydrogen-bond acceptors (Lipinski definition) is 6. The van der Waals surface area contributed by atoms with Crippen molar-refractivity contribution in [3.05, 3.63) is 11.8 Å². The monoisotopic (exact) mass is 346 g/mol. The maximum Gasteiger partial charge on any atom is 0.433 e. The Balaban J connectivity index is 1.72. The van der Waals surface area contributed by atoms with Crippen LogP contribution >= 0.6 is 0 Å². The number of anilines is 2. The van der Waals surface area contributed by atoms with Crippen LogP contribution in [0.2, 0.25) is 0 Å². The summed E-state index contributed by atoms with van der Waals surface area (Å²) in [6.07, 6.45) is -4.53. The SMILES string of the molecule is CC1(CNc2cc(C(F)(F)F)nc(NCC3(C)COC3)n2)COC1. The van der Waals surface area contributed by atoms with Crippen molar-refractivity contribution in [2.75, 3.05) is 50.2 Å². The molecule has 2 aliphatic heterocycles. The highest BCUT2D eigenvalue weighted by molar-refractivity contribution is 5.43. The van der Waals surface area contributed by atoms with Crippen molar-refractivity contribution in [1.29, 1.82) is 0 Å². The minimum absolute atomic E-state index is 0.0320. The van der Waals surface area contributed by atoms with Gasteiger partial charge in [0.2, 0.25) is 5.95 Å². The molecule has 2 fully saturated rings. The number of ether oxygens (including phenoxy) is 2. The molecule has 6 nitrogen and oxygen atoms in total. The van der Waals surface area contributed by atoms with E-state index < -0.39 is 11.9 Å². The highest BCUT2D eigenvalue weighted by Gasteiger charge is 2.36. The van der Waals surface area contributed by atoms with Crippen molar-refractivity contribution in [1.82, 2.24) is 9.97 Å². The zero-order chi connectivity index (χ0) is 17.4. The molecule has 2 N–H and O–H groups in total. The van der Waals surface area contributed by atoms with E-state index in [1.54, 1.807) is 0 Å². The van der Waals surface area contributed by atoms with E-state index in [2.05, 4.69) is 20.6 Å². The van der Waals surface area contributed by atoms with Gasteiger partial charge in [0.15, 0.2) is 5.69 Å². The first-order valence-electron chi connectivity index (χ1n) is 7.77. The molecule has 1 aromatic heterocycles. The molecule has 0 aliphatic carbocycles. The van der Waals surface area contributed by atoms with E-state index in [4.69, 9.17) is 9.47 Å². The van der Waals surface area contributed by atoms with Gasteiger partial charge in [-0.3, -0.25) is 0 Å². The number of hydrogen-bond donors (Lipinski definition) is 2. The smallest absolute Gasteiger partial charge is 0.380 e. The Kier molecular flexibility index (Phi) is 4.33. The lowest BCUT2D eigenvalue weighted by atomic mass is 9.89. The lowest BCUT2D eigenvalue weighted by molar-refractivity contribution is -0.141. The largest absolute Gasteiger partial charge is 0.433 e. The maximum absolute atomic E-state index is 13.1. The van der Waals surface area contributed by atoms with Crippen molar-refractivity contribution < 1.29 is 22.6 Å². The third-order valence-corrected chi connectivity index (χ3v) is 4.19. The summed E-state index contributed by atoms with van der Waals surface area (Å²) in [5.74, 6) is 0.124. The highest BCUT2D eigenvalue weighted by atomic mass is 19.4. The van der Waals surface area contributed by atoms with Gasteiger partial charge in [0.1, 0.15) is 5.82 Å². The van der Waals surface area contributed by atoms with Crippen LogP contribution in [0.4, 0.5) is 24.9 Å². The second kappa shape index (κ2) is 6.03. The van der Waals surface area contributed by atoms with Gasteiger partial charge in [-0.15, -0.1) is 0 Å². The van der Waals surface area contributed by atoms with Crippen LogP contribution in [0.25, 0.3) is 0 Å². The van der Waals surface area contributed by atoms with E-state index in [9.17, 15) is 13.2 Å². The summed E-state index contributed by atoms with van der Waals surface area (Å²) in [5.41, 5.74) is -1.14. The molecule has 1 aromatic rings. The molecule has 0 aromatic carbocycles. The van der Waals surface area contributed by atoms with Gasteiger partial charge in [-0.1, -0.05) is 13.8 Å². The first-order chi connectivity index (χ1) is 11.2. The summed E-state index contributed by atoms with van der Waals surface area (Å²) in [4.78, 5) is 7.75. The molecular formula is C15H21F3N4O2. The molecule has 2 aliphatic rings. The zero-order valence-corrected chi connectivity index (χ0v) is 13.7. The van der Waals surface area contributed by atoms with E-state index >= 15 is 0 Å². The summed E-state index contributed by atoms with van der Waals surface area (Å²) >= 11 is 0. The Bertz CT molecular complexity index is 559. The van der Waals surface area contributed by atoms with E-state index in [0.29, 0.717) is 39.5 Å². The standard InChI is InChI=1S/C15H21F3N4O2/c1-13(6-23-7-13)4-19-11-3-10(15(16,17)18)21-12(22-11)20-5-14(2)8-24-9-14/h3H,4-9H2,1-2H3,(H2,19,20,21,22). The molecule has 0 unspecified atom stereocenters. The minimum Gasteiger partial charge on any atom is -0.380 e. The minimum atomic E-state index is -4.53. The molecular weight excluding hydrogens is 325 g/mol. The summed E-state index contributed by atoms with van der Waals surface area (Å²) in [7, 11) is 0. The Hall–Kier alpha value is -1.61. The molecule has 3 rings (SSSR count). The molecule has 0 amide bonds. The van der Waals surface area contributed by atoms with Crippen molar-refractivity contribution in [2.24, 2.45) is 10.8 Å². The fourth-order valence-electron chi connectivity index (χ4n) is 2.46. The van der Waals surface area contributed by atoms with E-state index in [1.165, 1.54) is 0 Å². The Labute approximate surface area is 138 Å². The number of nitrogens with one attached hydrogen (secondary N) is 2. The number of alkyl halides is 3. The van der Waals surface area contributed by atoms with Crippen LogP contribution in [-0.2, 0) is 15.7 Å². The van der Waals surface area contributed by atoms with Gasteiger partial charge in [-0.25, -0.2) is 4.98 Å². The van der Waals surface area contributed by atoms with Crippen LogP contribution in [0.5, 0.6) is 0 Å². The van der Waals surface area contributed by atoms with E-state index in [1.807, 2.05) is 13.8 Å². The fraction of sp³-hybridized carbons (Fsp3) is 0.733. The molecule has 9 heteroatoms. The Morgan fingerprint density at radius 2 is 1.54 bits per heavy atom. The molecule has 3 heterocycles. The summed E-state index contributed by atoms with van der Waals surface area (Å²) in [5, 5.41) is 5.87. The topological polar surface area (TPSA) is 68.3 Å². The van der Waals surface area contributed by atoms with Crippen LogP contribution < -0.4 is 10.6 Å². The quantitative estimate of drug-likeness (QED) is 0.824. The number of aromatic nitrogens is 2. The molecule has 24 heavy (non-hydrogen) atoms. The Morgan fingerprint density at radius 1 is 1.00 bits per heavy atom. The molecule has 0 atom stereocenters. The molecule has 0 saturated carbocycles. The van der Waals surface area contributed by atoms with Gasteiger partial charge in [0.05, 0.1) is 26.4 Å². The first kappa shape index (κ1) is 17.2. The lowest BCUT2D eigenvalue weighted by Gasteiger charge is -2.38. The average Bonchev–Trinajstić information content (AvgIpc) is 2.46. The predicted molar refractivity (Wildman–Crippen MR) is 81.9 cm³/mol. The van der Waals surface area contributed by atoms with Crippen molar-refractivity contribution in [3.63, 3.8) is 0 Å². The summed E-state index contributed by atoms with van der Waals surface area (Å²) in [6, 6.07) is 0.933. The van der Waals surface area contributed by atoms with Crippen LogP contribution in [0.1, 0.15) is 19.5 Å². The van der Waals surface area contributed by atoms with Gasteiger partial charge >= 0.3 is 6.18 Å². The normalized spacial score (nSPS) is 21.5. The van der Waals surface area contributed by atoms with Crippen LogP contribution in [0.15, 0.2) is 6.07 Å². The third kappa shape index (κ3) is 3.89. The Morgan fingerprint density at radius 3 is 2.00 bits per heavy atom. The number of rotatable bonds is 6. The highest BCUT2D eigenvalue weighted by Crippen LogP contribution is 2.32. The average molecular weight is 346 g/mol. The van der Waals surface area contributed by atoms with Crippen molar-refractivity contribution in [2.45, 2.75) is 20.0 Å². The maximum atomic E-state index is 13.1. The molecule has 0 spiro atoms. The zero-order valence-electron chi connectivity index (χ0n) is 13.7. The van der Waals surface area contributed by atoms with Gasteiger partial charge in [0, 0.05) is 30.0 Å². The van der Waals surface area contributed by atoms with Gasteiger partial charge in [-0.2, -0.15) is 18.2 Å². The van der Waals surface area contributed by atoms with Crippen LogP contribution in [-0.4, -0.2) is 49.5 Å². The van der Waals surface area contributed by atoms with Crippen molar-refractivity contribution >= 4 is 11.8 Å². The first-order valence-corrected chi connectivity index (χ1v) is 7.77. The number of nitrogens with zero attached hydrogens (tertiary/aromatic N) is 2. The van der Waals surface area contributed by atoms with E-state index in [-0.39, 0.29) is 22.6 Å². The molecule has 0 bridgehead atoms. The van der Waals surface area contributed by atoms with Gasteiger partial charge in [-0.05, 0) is 0 Å². The summed E-state index contributed by atoms with van der Waals surface area (Å²) < 4.78 is 49.5. The lowest BCUT2D eigenvalue weighted by Crippen LogP contribution is -2.45. The molecule has 0 radical (unpaired) electrons. The van der Waals surface area contributed by atoms with Crippen LogP contribution in [0, 0.1) is 10.8 Å². The molecule has 134 valence electrons. The second-order valence-electron chi connectivity index (χ2n) is 7.27. The van der Waals surface area contributed by atoms with Crippen LogP contribution in [0.3, 0.4) is 0 Å². The van der Waals surface area contributed by atoms with Crippen molar-refractivity contribution in [3.8, 4) is 0 Å². The third-order valence-electron chi connectivity index (χ3n) is 4.19. The second-order valence-corrected chi connectivity index (χ2v) is 7.27.